The molecule has 1 aromatic carbocycles. The van der Waals surface area contributed by atoms with Crippen LogP contribution >= 0.6 is 0 Å². The summed E-state index contributed by atoms with van der Waals surface area (Å²) < 4.78 is 17.7. The maximum absolute atomic E-state index is 11.4. The van der Waals surface area contributed by atoms with Gasteiger partial charge in [-0.15, -0.1) is 0 Å². The van der Waals surface area contributed by atoms with Gasteiger partial charge in [0.15, 0.2) is 6.29 Å². The minimum atomic E-state index is -0.590. The lowest BCUT2D eigenvalue weighted by atomic mass is 9.77. The Morgan fingerprint density at radius 2 is 1.85 bits per heavy atom. The molecule has 0 aromatic heterocycles. The Kier molecular flexibility index (Phi) is 6.49. The van der Waals surface area contributed by atoms with Gasteiger partial charge in [0.2, 0.25) is 5.91 Å². The normalized spacial score (nSPS) is 18.3. The molecule has 0 unspecified atom stereocenters. The molecule has 2 rings (SSSR count). The zero-order chi connectivity index (χ0) is 20.2. The van der Waals surface area contributed by atoms with Gasteiger partial charge < -0.3 is 19.4 Å². The fraction of sp³-hybridized carbons (Fsp3) is 0.500. The highest BCUT2D eigenvalue weighted by molar-refractivity contribution is 6.56. The molecule has 1 aliphatic rings. The van der Waals surface area contributed by atoms with Crippen LogP contribution < -0.4 is 10.1 Å². The van der Waals surface area contributed by atoms with Crippen molar-refractivity contribution < 1.29 is 23.6 Å². The molecule has 0 bridgehead atoms. The molecular formula is C20H28BNO5. The molecule has 0 spiro atoms. The number of rotatable bonds is 7. The van der Waals surface area contributed by atoms with Crippen molar-refractivity contribution >= 4 is 25.4 Å². The van der Waals surface area contributed by atoms with E-state index in [1.807, 2.05) is 46.8 Å². The van der Waals surface area contributed by atoms with Crippen LogP contribution in [-0.4, -0.2) is 43.7 Å². The van der Waals surface area contributed by atoms with Crippen LogP contribution in [0.3, 0.4) is 0 Å². The van der Waals surface area contributed by atoms with E-state index in [9.17, 15) is 9.59 Å². The van der Waals surface area contributed by atoms with E-state index in [-0.39, 0.29) is 12.5 Å². The third-order valence-corrected chi connectivity index (χ3v) is 4.91. The average Bonchev–Trinajstić information content (AvgIpc) is 2.80. The largest absolute Gasteiger partial charge is 0.493 e. The Morgan fingerprint density at radius 3 is 2.37 bits per heavy atom. The average molecular weight is 373 g/mol. The van der Waals surface area contributed by atoms with Gasteiger partial charge in [-0.25, -0.2) is 0 Å². The molecule has 1 saturated heterocycles. The quantitative estimate of drug-likeness (QED) is 0.588. The summed E-state index contributed by atoms with van der Waals surface area (Å²) in [6.07, 6.45) is 2.64. The van der Waals surface area contributed by atoms with E-state index >= 15 is 0 Å². The minimum absolute atomic E-state index is 0.141. The first kappa shape index (κ1) is 21.2. The van der Waals surface area contributed by atoms with Crippen molar-refractivity contribution in [3.05, 3.63) is 34.8 Å². The number of nitrogens with one attached hydrogen (secondary N) is 1. The zero-order valence-electron chi connectivity index (χ0n) is 16.9. The second kappa shape index (κ2) is 8.27. The number of ether oxygens (including phenoxy) is 1. The predicted molar refractivity (Wildman–Crippen MR) is 106 cm³/mol. The lowest BCUT2D eigenvalue weighted by Gasteiger charge is -2.32. The van der Waals surface area contributed by atoms with Crippen LogP contribution in [0.5, 0.6) is 5.75 Å². The van der Waals surface area contributed by atoms with E-state index in [0.717, 1.165) is 17.3 Å². The van der Waals surface area contributed by atoms with E-state index in [4.69, 9.17) is 14.0 Å². The molecule has 6 nitrogen and oxygen atoms in total. The molecule has 1 amide bonds. The van der Waals surface area contributed by atoms with Gasteiger partial charge in [0.1, 0.15) is 5.75 Å². The molecule has 0 atom stereocenters. The van der Waals surface area contributed by atoms with Crippen LogP contribution in [0.2, 0.25) is 0 Å². The number of benzene rings is 1. The Bertz CT molecular complexity index is 726. The summed E-state index contributed by atoms with van der Waals surface area (Å²) in [6, 6.07) is 5.37. The van der Waals surface area contributed by atoms with Gasteiger partial charge in [0, 0.05) is 13.5 Å². The van der Waals surface area contributed by atoms with Gasteiger partial charge >= 0.3 is 7.12 Å². The summed E-state index contributed by atoms with van der Waals surface area (Å²) in [7, 11) is -0.590. The second-order valence-corrected chi connectivity index (χ2v) is 7.57. The maximum Gasteiger partial charge on any atom is 0.492 e. The standard InChI is InChI=1S/C20H28BNO5/c1-7-25-18-9-8-15(10-16(18)13-23)11-17(12-22-14(2)24)21-26-19(3,4)20(5,6)27-21/h8-11,13H,7,12H2,1-6H3,(H,22,24). The first-order valence-electron chi connectivity index (χ1n) is 9.12. The summed E-state index contributed by atoms with van der Waals surface area (Å²) in [5.74, 6) is 0.404. The Balaban J connectivity index is 2.36. The lowest BCUT2D eigenvalue weighted by Crippen LogP contribution is -2.41. The SMILES string of the molecule is CCOc1ccc(C=C(CNC(C)=O)B2OC(C)(C)C(C)(C)O2)cc1C=O. The van der Waals surface area contributed by atoms with Gasteiger partial charge in [0.25, 0.3) is 0 Å². The Hall–Kier alpha value is -2.12. The van der Waals surface area contributed by atoms with E-state index in [1.165, 1.54) is 6.92 Å². The smallest absolute Gasteiger partial charge is 0.492 e. The highest BCUT2D eigenvalue weighted by Crippen LogP contribution is 2.38. The monoisotopic (exact) mass is 373 g/mol. The first-order chi connectivity index (χ1) is 12.6. The molecule has 1 aliphatic heterocycles. The van der Waals surface area contributed by atoms with Crippen LogP contribution in [0, 0.1) is 0 Å². The van der Waals surface area contributed by atoms with Crippen molar-refractivity contribution in [1.29, 1.82) is 0 Å². The number of hydrogen-bond donors (Lipinski definition) is 1. The number of aldehydes is 1. The Morgan fingerprint density at radius 1 is 1.22 bits per heavy atom. The molecule has 146 valence electrons. The number of hydrogen-bond acceptors (Lipinski definition) is 5. The summed E-state index contributed by atoms with van der Waals surface area (Å²) in [5.41, 5.74) is 1.07. The van der Waals surface area contributed by atoms with E-state index in [2.05, 4.69) is 5.32 Å². The van der Waals surface area contributed by atoms with Gasteiger partial charge in [0.05, 0.1) is 23.4 Å². The van der Waals surface area contributed by atoms with Crippen LogP contribution in [0.4, 0.5) is 0 Å². The lowest BCUT2D eigenvalue weighted by molar-refractivity contribution is -0.118. The number of carbonyl (C=O) groups excluding carboxylic acids is 2. The van der Waals surface area contributed by atoms with Crippen LogP contribution in [0.1, 0.15) is 57.5 Å². The van der Waals surface area contributed by atoms with Crippen molar-refractivity contribution in [1.82, 2.24) is 5.32 Å². The molecule has 27 heavy (non-hydrogen) atoms. The highest BCUT2D eigenvalue weighted by Gasteiger charge is 2.52. The maximum atomic E-state index is 11.4. The van der Waals surface area contributed by atoms with Crippen molar-refractivity contribution in [2.45, 2.75) is 52.7 Å². The number of amides is 1. The summed E-state index contributed by atoms with van der Waals surface area (Å²) >= 11 is 0. The van der Waals surface area contributed by atoms with Crippen LogP contribution in [0.15, 0.2) is 23.7 Å². The van der Waals surface area contributed by atoms with E-state index in [0.29, 0.717) is 17.9 Å². The van der Waals surface area contributed by atoms with Crippen molar-refractivity contribution in [2.24, 2.45) is 0 Å². The first-order valence-corrected chi connectivity index (χ1v) is 9.12. The topological polar surface area (TPSA) is 73.9 Å². The highest BCUT2D eigenvalue weighted by atomic mass is 16.7. The zero-order valence-corrected chi connectivity index (χ0v) is 16.9. The Labute approximate surface area is 161 Å². The van der Waals surface area contributed by atoms with Gasteiger partial charge in [-0.1, -0.05) is 12.1 Å². The van der Waals surface area contributed by atoms with Crippen molar-refractivity contribution in [2.75, 3.05) is 13.2 Å². The summed E-state index contributed by atoms with van der Waals surface area (Å²) in [5, 5.41) is 2.80. The summed E-state index contributed by atoms with van der Waals surface area (Å²) in [6.45, 7) is 12.0. The minimum Gasteiger partial charge on any atom is -0.493 e. The van der Waals surface area contributed by atoms with E-state index < -0.39 is 18.3 Å². The molecule has 7 heteroatoms. The number of carbonyl (C=O) groups is 2. The summed E-state index contributed by atoms with van der Waals surface area (Å²) in [4.78, 5) is 22.8. The van der Waals surface area contributed by atoms with Gasteiger partial charge in [-0.2, -0.15) is 0 Å². The molecule has 0 aliphatic carbocycles. The van der Waals surface area contributed by atoms with Crippen LogP contribution in [-0.2, 0) is 14.1 Å². The van der Waals surface area contributed by atoms with E-state index in [1.54, 1.807) is 12.1 Å². The molecule has 1 heterocycles. The van der Waals surface area contributed by atoms with Crippen molar-refractivity contribution in [3.8, 4) is 5.75 Å². The van der Waals surface area contributed by atoms with Crippen molar-refractivity contribution in [3.63, 3.8) is 0 Å². The van der Waals surface area contributed by atoms with Gasteiger partial charge in [-0.3, -0.25) is 9.59 Å². The third kappa shape index (κ3) is 4.99. The molecule has 1 aromatic rings. The third-order valence-electron chi connectivity index (χ3n) is 4.91. The molecule has 1 fully saturated rings. The molecular weight excluding hydrogens is 345 g/mol. The fourth-order valence-corrected chi connectivity index (χ4v) is 2.67. The van der Waals surface area contributed by atoms with Gasteiger partial charge in [-0.05, 0) is 57.8 Å². The molecule has 0 radical (unpaired) electrons. The van der Waals surface area contributed by atoms with Crippen LogP contribution in [0.25, 0.3) is 6.08 Å². The molecule has 1 N–H and O–H groups in total. The fourth-order valence-electron chi connectivity index (χ4n) is 2.67. The predicted octanol–water partition coefficient (Wildman–Crippen LogP) is 3.05. The second-order valence-electron chi connectivity index (χ2n) is 7.57. The molecule has 0 saturated carbocycles.